The van der Waals surface area contributed by atoms with Crippen molar-refractivity contribution >= 4 is 0 Å². The minimum Gasteiger partial charge on any atom is -0.375 e. The Morgan fingerprint density at radius 3 is 2.38 bits per heavy atom. The molecule has 0 bridgehead atoms. The second-order valence-corrected chi connectivity index (χ2v) is 3.90. The molecule has 0 aromatic heterocycles. The Labute approximate surface area is 79.7 Å². The first-order chi connectivity index (χ1) is 6.27. The van der Waals surface area contributed by atoms with Crippen molar-refractivity contribution in [3.05, 3.63) is 35.9 Å². The van der Waals surface area contributed by atoms with E-state index in [0.29, 0.717) is 18.1 Å². The van der Waals surface area contributed by atoms with Crippen LogP contribution in [-0.4, -0.2) is 12.2 Å². The highest BCUT2D eigenvalue weighted by Crippen LogP contribution is 2.34. The van der Waals surface area contributed by atoms with E-state index < -0.39 is 0 Å². The zero-order valence-corrected chi connectivity index (χ0v) is 8.23. The summed E-state index contributed by atoms with van der Waals surface area (Å²) in [4.78, 5) is 0. The zero-order valence-electron chi connectivity index (χ0n) is 8.23. The lowest BCUT2D eigenvalue weighted by Crippen LogP contribution is -2.09. The molecule has 2 rings (SSSR count). The van der Waals surface area contributed by atoms with Crippen molar-refractivity contribution in [2.45, 2.75) is 38.4 Å². The monoisotopic (exact) mass is 176 g/mol. The van der Waals surface area contributed by atoms with Gasteiger partial charge in [0.25, 0.3) is 0 Å². The van der Waals surface area contributed by atoms with Gasteiger partial charge in [-0.1, -0.05) is 30.3 Å². The Morgan fingerprint density at radius 1 is 1.15 bits per heavy atom. The largest absolute Gasteiger partial charge is 0.375 e. The number of hydrogen-bond donors (Lipinski definition) is 0. The number of benzene rings is 1. The van der Waals surface area contributed by atoms with Crippen LogP contribution in [0.25, 0.3) is 0 Å². The smallest absolute Gasteiger partial charge is 0.0620 e. The number of hydrogen-bond acceptors (Lipinski definition) is 1. The first-order valence-corrected chi connectivity index (χ1v) is 4.98. The van der Waals surface area contributed by atoms with Crippen LogP contribution in [0.15, 0.2) is 30.3 Å². The van der Waals surface area contributed by atoms with Crippen molar-refractivity contribution in [2.24, 2.45) is 0 Å². The van der Waals surface area contributed by atoms with Gasteiger partial charge in [-0.25, -0.2) is 0 Å². The highest BCUT2D eigenvalue weighted by molar-refractivity contribution is 5.21. The van der Waals surface area contributed by atoms with E-state index in [4.69, 9.17) is 4.74 Å². The van der Waals surface area contributed by atoms with E-state index in [1.165, 1.54) is 5.56 Å². The van der Waals surface area contributed by atoms with Gasteiger partial charge in [-0.3, -0.25) is 0 Å². The molecule has 0 radical (unpaired) electrons. The standard InChI is InChI=1S/C12H16O/c1-9-8-12(10(2)13-9)11-6-4-3-5-7-11/h3-7,9-10,12H,8H2,1-2H3/t9-,10-,12-/m0/s1. The molecule has 0 amide bonds. The molecule has 3 atom stereocenters. The molecular formula is C12H16O. The Kier molecular flexibility index (Phi) is 2.36. The third-order valence-corrected chi connectivity index (χ3v) is 2.83. The lowest BCUT2D eigenvalue weighted by Gasteiger charge is -2.13. The quantitative estimate of drug-likeness (QED) is 0.639. The van der Waals surface area contributed by atoms with Gasteiger partial charge in [-0.05, 0) is 25.8 Å². The highest BCUT2D eigenvalue weighted by atomic mass is 16.5. The second kappa shape index (κ2) is 3.51. The Bertz CT molecular complexity index is 268. The summed E-state index contributed by atoms with van der Waals surface area (Å²) in [7, 11) is 0. The normalized spacial score (nSPS) is 33.5. The molecule has 0 unspecified atom stereocenters. The van der Waals surface area contributed by atoms with Crippen molar-refractivity contribution < 1.29 is 4.74 Å². The van der Waals surface area contributed by atoms with Crippen LogP contribution in [0.2, 0.25) is 0 Å². The fraction of sp³-hybridized carbons (Fsp3) is 0.500. The van der Waals surface area contributed by atoms with Gasteiger partial charge < -0.3 is 4.74 Å². The van der Waals surface area contributed by atoms with Gasteiger partial charge in [-0.15, -0.1) is 0 Å². The highest BCUT2D eigenvalue weighted by Gasteiger charge is 2.30. The molecule has 0 spiro atoms. The van der Waals surface area contributed by atoms with E-state index in [1.54, 1.807) is 0 Å². The molecule has 70 valence electrons. The van der Waals surface area contributed by atoms with Gasteiger partial charge in [0, 0.05) is 5.92 Å². The van der Waals surface area contributed by atoms with Crippen LogP contribution >= 0.6 is 0 Å². The minimum atomic E-state index is 0.373. The summed E-state index contributed by atoms with van der Waals surface area (Å²) in [6.07, 6.45) is 1.95. The lowest BCUT2D eigenvalue weighted by molar-refractivity contribution is 0.0632. The Morgan fingerprint density at radius 2 is 1.85 bits per heavy atom. The van der Waals surface area contributed by atoms with Crippen LogP contribution in [0.3, 0.4) is 0 Å². The van der Waals surface area contributed by atoms with E-state index in [-0.39, 0.29) is 0 Å². The van der Waals surface area contributed by atoms with Gasteiger partial charge in [0.15, 0.2) is 0 Å². The fourth-order valence-corrected chi connectivity index (χ4v) is 2.17. The molecule has 13 heavy (non-hydrogen) atoms. The molecule has 1 heteroatoms. The van der Waals surface area contributed by atoms with Gasteiger partial charge >= 0.3 is 0 Å². The van der Waals surface area contributed by atoms with Gasteiger partial charge in [-0.2, -0.15) is 0 Å². The molecule has 1 fully saturated rings. The van der Waals surface area contributed by atoms with Crippen LogP contribution in [0, 0.1) is 0 Å². The molecule has 1 heterocycles. The lowest BCUT2D eigenvalue weighted by atomic mass is 9.92. The predicted octanol–water partition coefficient (Wildman–Crippen LogP) is 2.97. The summed E-state index contributed by atoms with van der Waals surface area (Å²) in [5.41, 5.74) is 1.42. The third kappa shape index (κ3) is 1.75. The van der Waals surface area contributed by atoms with Gasteiger partial charge in [0.2, 0.25) is 0 Å². The van der Waals surface area contributed by atoms with Gasteiger partial charge in [0.1, 0.15) is 0 Å². The van der Waals surface area contributed by atoms with Crippen LogP contribution in [0.5, 0.6) is 0 Å². The average molecular weight is 176 g/mol. The second-order valence-electron chi connectivity index (χ2n) is 3.90. The topological polar surface area (TPSA) is 9.23 Å². The Hall–Kier alpha value is -0.820. The number of rotatable bonds is 1. The summed E-state index contributed by atoms with van der Waals surface area (Å²) in [6.45, 7) is 4.32. The van der Waals surface area contributed by atoms with Crippen LogP contribution < -0.4 is 0 Å². The van der Waals surface area contributed by atoms with Crippen molar-refractivity contribution in [1.29, 1.82) is 0 Å². The summed E-state index contributed by atoms with van der Waals surface area (Å²) in [5.74, 6) is 0.594. The molecular weight excluding hydrogens is 160 g/mol. The molecule has 0 aliphatic carbocycles. The predicted molar refractivity (Wildman–Crippen MR) is 53.8 cm³/mol. The van der Waals surface area contributed by atoms with Crippen molar-refractivity contribution in [3.8, 4) is 0 Å². The molecule has 1 aliphatic heterocycles. The fourth-order valence-electron chi connectivity index (χ4n) is 2.17. The molecule has 0 N–H and O–H groups in total. The molecule has 1 nitrogen and oxygen atoms in total. The zero-order chi connectivity index (χ0) is 9.26. The first-order valence-electron chi connectivity index (χ1n) is 4.98. The van der Waals surface area contributed by atoms with Crippen LogP contribution in [0.1, 0.15) is 31.7 Å². The Balaban J connectivity index is 2.18. The van der Waals surface area contributed by atoms with E-state index in [1.807, 2.05) is 0 Å². The SMILES string of the molecule is C[C@@H]1O[C@@H](C)C[C@@H]1c1ccccc1. The van der Waals surface area contributed by atoms with Crippen LogP contribution in [0.4, 0.5) is 0 Å². The van der Waals surface area contributed by atoms with E-state index in [2.05, 4.69) is 44.2 Å². The van der Waals surface area contributed by atoms with E-state index >= 15 is 0 Å². The average Bonchev–Trinajstić information content (AvgIpc) is 2.47. The molecule has 0 saturated carbocycles. The van der Waals surface area contributed by atoms with Crippen molar-refractivity contribution in [2.75, 3.05) is 0 Å². The number of ether oxygens (including phenoxy) is 1. The maximum atomic E-state index is 5.73. The summed E-state index contributed by atoms with van der Waals surface area (Å²) >= 11 is 0. The van der Waals surface area contributed by atoms with Gasteiger partial charge in [0.05, 0.1) is 12.2 Å². The van der Waals surface area contributed by atoms with Crippen LogP contribution in [-0.2, 0) is 4.74 Å². The molecule has 1 aromatic rings. The summed E-state index contributed by atoms with van der Waals surface area (Å²) in [6, 6.07) is 10.7. The molecule has 1 saturated heterocycles. The first kappa shape index (κ1) is 8.76. The van der Waals surface area contributed by atoms with Crippen molar-refractivity contribution in [1.82, 2.24) is 0 Å². The maximum Gasteiger partial charge on any atom is 0.0620 e. The maximum absolute atomic E-state index is 5.73. The van der Waals surface area contributed by atoms with Crippen molar-refractivity contribution in [3.63, 3.8) is 0 Å². The minimum absolute atomic E-state index is 0.373. The van der Waals surface area contributed by atoms with E-state index in [9.17, 15) is 0 Å². The third-order valence-electron chi connectivity index (χ3n) is 2.83. The summed E-state index contributed by atoms with van der Waals surface area (Å²) < 4.78 is 5.73. The van der Waals surface area contributed by atoms with E-state index in [0.717, 1.165) is 6.42 Å². The molecule has 1 aromatic carbocycles. The molecule has 1 aliphatic rings. The summed E-state index contributed by atoms with van der Waals surface area (Å²) in [5, 5.41) is 0.